The molecule has 0 fully saturated rings. The maximum Gasteiger partial charge on any atom is 2.00 e. The normalized spacial score (nSPS) is 9.19. The number of aromatic carboxylic acids is 2. The fraction of sp³-hybridized carbons (Fsp3) is 0.111. The first kappa shape index (κ1) is 24.6. The third-order valence-electron chi connectivity index (χ3n) is 3.16. The Labute approximate surface area is 184 Å². The third kappa shape index (κ3) is 8.67. The van der Waals surface area contributed by atoms with Crippen molar-refractivity contribution in [2.45, 2.75) is 12.8 Å². The van der Waals surface area contributed by atoms with Crippen LogP contribution in [0.5, 0.6) is 0 Å². The average Bonchev–Trinajstić information content (AvgIpc) is 2.55. The number of rotatable bonds is 6. The van der Waals surface area contributed by atoms with Crippen LogP contribution in [0, 0.1) is 0 Å². The molecule has 0 aliphatic rings. The summed E-state index contributed by atoms with van der Waals surface area (Å²) >= 11 is 0. The summed E-state index contributed by atoms with van der Waals surface area (Å²) < 4.78 is 0. The molecule has 0 radical (unpaired) electrons. The van der Waals surface area contributed by atoms with E-state index in [2.05, 4.69) is 0 Å². The van der Waals surface area contributed by atoms with Crippen molar-refractivity contribution in [1.82, 2.24) is 0 Å². The van der Waals surface area contributed by atoms with Gasteiger partial charge in [-0.25, -0.2) is 4.79 Å². The smallest absolute Gasteiger partial charge is 0.550 e. The first-order valence-corrected chi connectivity index (χ1v) is 7.24. The Hall–Kier alpha value is -2.42. The molecule has 0 saturated carbocycles. The summed E-state index contributed by atoms with van der Waals surface area (Å²) in [7, 11) is 0. The molecule has 27 heavy (non-hydrogen) atoms. The van der Waals surface area contributed by atoms with Crippen LogP contribution in [0.4, 0.5) is 0 Å². The van der Waals surface area contributed by atoms with Gasteiger partial charge in [-0.05, 0) is 17.2 Å². The number of carboxylic acids is 4. The molecule has 9 heteroatoms. The minimum atomic E-state index is -1.38. The van der Waals surface area contributed by atoms with Gasteiger partial charge in [0, 0.05) is 18.0 Å². The predicted octanol–water partition coefficient (Wildman–Crippen LogP) is -1.03. The Morgan fingerprint density at radius 1 is 0.741 bits per heavy atom. The van der Waals surface area contributed by atoms with Gasteiger partial charge in [-0.2, -0.15) is 0 Å². The van der Waals surface area contributed by atoms with E-state index < -0.39 is 30.3 Å². The standard InChI is InChI=1S/2C9H8O4.Ca/c2*10-8(11)5-6-3-1-2-4-7(6)9(12)13;/h2*1-4H,5H2,(H,10,11)(H,12,13);/q;;+2/p-2. The number of hydrogen-bond donors (Lipinski definition) is 2. The summed E-state index contributed by atoms with van der Waals surface area (Å²) in [6.07, 6.45) is -0.674. The molecule has 0 heterocycles. The fourth-order valence-electron chi connectivity index (χ4n) is 2.08. The quantitative estimate of drug-likeness (QED) is 0.586. The molecular weight excluding hydrogens is 384 g/mol. The number of carbonyl (C=O) groups is 4. The number of hydrogen-bond acceptors (Lipinski definition) is 6. The topological polar surface area (TPSA) is 155 Å². The van der Waals surface area contributed by atoms with Crippen molar-refractivity contribution in [2.75, 3.05) is 0 Å². The van der Waals surface area contributed by atoms with Crippen LogP contribution in [0.3, 0.4) is 0 Å². The molecule has 0 unspecified atom stereocenters. The molecule has 2 rings (SSSR count). The molecule has 0 bridgehead atoms. The summed E-state index contributed by atoms with van der Waals surface area (Å²) in [4.78, 5) is 41.7. The fourth-order valence-corrected chi connectivity index (χ4v) is 2.08. The van der Waals surface area contributed by atoms with E-state index in [1.807, 2.05) is 0 Å². The van der Waals surface area contributed by atoms with Crippen molar-refractivity contribution < 1.29 is 39.6 Å². The zero-order valence-electron chi connectivity index (χ0n) is 14.1. The van der Waals surface area contributed by atoms with Crippen LogP contribution < -0.4 is 10.2 Å². The Bertz CT molecular complexity index is 762. The monoisotopic (exact) mass is 398 g/mol. The maximum absolute atomic E-state index is 10.6. The number of carbonyl (C=O) groups excluding carboxylic acids is 2. The van der Waals surface area contributed by atoms with Crippen molar-refractivity contribution >= 4 is 61.6 Å². The van der Waals surface area contributed by atoms with E-state index in [0.29, 0.717) is 5.56 Å². The minimum Gasteiger partial charge on any atom is -0.550 e. The molecule has 2 aromatic carbocycles. The predicted molar refractivity (Wildman–Crippen MR) is 90.0 cm³/mol. The van der Waals surface area contributed by atoms with Crippen LogP contribution in [0.15, 0.2) is 48.5 Å². The molecule has 2 aromatic rings. The van der Waals surface area contributed by atoms with E-state index in [4.69, 9.17) is 10.2 Å². The van der Waals surface area contributed by atoms with Gasteiger partial charge in [0.05, 0.1) is 18.0 Å². The molecule has 0 amide bonds. The van der Waals surface area contributed by atoms with Crippen molar-refractivity contribution in [1.29, 1.82) is 0 Å². The summed E-state index contributed by atoms with van der Waals surface area (Å²) in [5.74, 6) is -4.82. The molecule has 0 aliphatic heterocycles. The minimum absolute atomic E-state index is 0. The molecule has 0 saturated heterocycles. The van der Waals surface area contributed by atoms with Crippen molar-refractivity contribution in [3.63, 3.8) is 0 Å². The van der Waals surface area contributed by atoms with Gasteiger partial charge >= 0.3 is 49.7 Å². The largest absolute Gasteiger partial charge is 2.00 e. The third-order valence-corrected chi connectivity index (χ3v) is 3.16. The number of benzene rings is 2. The van der Waals surface area contributed by atoms with E-state index >= 15 is 0 Å². The van der Waals surface area contributed by atoms with Gasteiger partial charge in [0.1, 0.15) is 0 Å². The molecular formula is C18H14CaO8. The van der Waals surface area contributed by atoms with Crippen LogP contribution in [0.25, 0.3) is 0 Å². The van der Waals surface area contributed by atoms with Crippen molar-refractivity contribution in [3.05, 3.63) is 70.8 Å². The number of aliphatic carboxylic acids is 2. The summed E-state index contributed by atoms with van der Waals surface area (Å²) in [6.45, 7) is 0. The van der Waals surface area contributed by atoms with Gasteiger partial charge in [-0.1, -0.05) is 42.5 Å². The first-order chi connectivity index (χ1) is 12.2. The van der Waals surface area contributed by atoms with E-state index in [9.17, 15) is 29.4 Å². The van der Waals surface area contributed by atoms with Gasteiger partial charge in [0.25, 0.3) is 0 Å². The molecule has 0 aromatic heterocycles. The Morgan fingerprint density at radius 3 is 1.59 bits per heavy atom. The van der Waals surface area contributed by atoms with Crippen LogP contribution in [0.2, 0.25) is 0 Å². The molecule has 0 spiro atoms. The van der Waals surface area contributed by atoms with Crippen LogP contribution in [0.1, 0.15) is 31.8 Å². The zero-order valence-corrected chi connectivity index (χ0v) is 16.3. The first-order valence-electron chi connectivity index (χ1n) is 7.24. The molecule has 0 aliphatic carbocycles. The summed E-state index contributed by atoms with van der Waals surface area (Å²) in [5.41, 5.74) is 0.460. The van der Waals surface area contributed by atoms with E-state index in [1.165, 1.54) is 30.3 Å². The van der Waals surface area contributed by atoms with Crippen LogP contribution in [-0.4, -0.2) is 71.8 Å². The van der Waals surface area contributed by atoms with Gasteiger partial charge in [0.15, 0.2) is 0 Å². The number of carboxylic acid groups (broad SMARTS) is 4. The van der Waals surface area contributed by atoms with Crippen molar-refractivity contribution in [3.8, 4) is 0 Å². The molecule has 2 N–H and O–H groups in total. The van der Waals surface area contributed by atoms with E-state index in [-0.39, 0.29) is 60.8 Å². The van der Waals surface area contributed by atoms with E-state index in [1.54, 1.807) is 18.2 Å². The second-order valence-corrected chi connectivity index (χ2v) is 5.03. The van der Waals surface area contributed by atoms with Crippen molar-refractivity contribution in [2.24, 2.45) is 0 Å². The molecule has 8 nitrogen and oxygen atoms in total. The maximum atomic E-state index is 10.6. The van der Waals surface area contributed by atoms with Crippen LogP contribution >= 0.6 is 0 Å². The van der Waals surface area contributed by atoms with Gasteiger partial charge in [-0.15, -0.1) is 0 Å². The van der Waals surface area contributed by atoms with E-state index in [0.717, 1.165) is 0 Å². The van der Waals surface area contributed by atoms with Gasteiger partial charge < -0.3 is 30.0 Å². The second-order valence-electron chi connectivity index (χ2n) is 5.03. The Kier molecular flexibility index (Phi) is 11.0. The molecule has 0 atom stereocenters. The Morgan fingerprint density at radius 2 is 1.19 bits per heavy atom. The second kappa shape index (κ2) is 12.1. The zero-order chi connectivity index (χ0) is 19.7. The Balaban J connectivity index is 0.000000483. The van der Waals surface area contributed by atoms with Gasteiger partial charge in [-0.3, -0.25) is 4.79 Å². The summed E-state index contributed by atoms with van der Waals surface area (Å²) in [5, 5.41) is 37.9. The summed E-state index contributed by atoms with van der Waals surface area (Å²) in [6, 6.07) is 11.8. The molecule has 136 valence electrons. The van der Waals surface area contributed by atoms with Gasteiger partial charge in [0.2, 0.25) is 0 Å². The SMILES string of the molecule is O=C(O)Cc1ccccc1C(=O)O.O=C([O-])Cc1ccccc1C(=O)[O-].[Ca+2]. The van der Waals surface area contributed by atoms with Crippen LogP contribution in [-0.2, 0) is 22.4 Å². The average molecular weight is 398 g/mol.